The summed E-state index contributed by atoms with van der Waals surface area (Å²) < 4.78 is 18.0. The van der Waals surface area contributed by atoms with Crippen molar-refractivity contribution in [2.24, 2.45) is 0 Å². The van der Waals surface area contributed by atoms with Crippen molar-refractivity contribution in [2.75, 3.05) is 31.4 Å². The van der Waals surface area contributed by atoms with E-state index in [4.69, 9.17) is 13.9 Å². The van der Waals surface area contributed by atoms with Gasteiger partial charge in [0.25, 0.3) is 11.8 Å². The van der Waals surface area contributed by atoms with Crippen molar-refractivity contribution in [1.82, 2.24) is 24.8 Å². The molecule has 1 N–H and O–H groups in total. The Kier molecular flexibility index (Phi) is 7.96. The fraction of sp³-hybridized carbons (Fsp3) is 0.519. The SMILES string of the molecule is Cc1nccc2c1CC(NCCCc1cn(-c3cnc4c(n3)N(COCC[Si](C)(C)C)C(=O)CO4)c(=O)o1)C2. The van der Waals surface area contributed by atoms with Crippen LogP contribution >= 0.6 is 0 Å². The predicted octanol–water partition coefficient (Wildman–Crippen LogP) is 2.65. The largest absolute Gasteiger partial charge is 0.465 e. The van der Waals surface area contributed by atoms with Gasteiger partial charge in [0.05, 0.1) is 12.4 Å². The maximum atomic E-state index is 12.6. The Balaban J connectivity index is 1.19. The third-order valence-corrected chi connectivity index (χ3v) is 8.77. The summed E-state index contributed by atoms with van der Waals surface area (Å²) in [5.74, 6) is 0.461. The van der Waals surface area contributed by atoms with Gasteiger partial charge in [-0.25, -0.2) is 19.3 Å². The van der Waals surface area contributed by atoms with Gasteiger partial charge in [-0.1, -0.05) is 19.6 Å². The number of hydrogen-bond donors (Lipinski definition) is 1. The molecule has 5 rings (SSSR count). The van der Waals surface area contributed by atoms with Crippen LogP contribution in [0.2, 0.25) is 25.7 Å². The molecule has 1 aliphatic carbocycles. The first-order chi connectivity index (χ1) is 18.7. The van der Waals surface area contributed by atoms with Crippen LogP contribution in [-0.4, -0.2) is 66.0 Å². The zero-order chi connectivity index (χ0) is 27.6. The van der Waals surface area contributed by atoms with E-state index >= 15 is 0 Å². The molecule has 0 aromatic carbocycles. The number of carbonyl (C=O) groups excluding carboxylic acids is 1. The van der Waals surface area contributed by atoms with Gasteiger partial charge in [-0.3, -0.25) is 14.7 Å². The number of nitrogens with one attached hydrogen (secondary N) is 1. The number of aryl methyl sites for hydroxylation is 2. The Morgan fingerprint density at radius 1 is 1.21 bits per heavy atom. The lowest BCUT2D eigenvalue weighted by Gasteiger charge is -2.27. The quantitative estimate of drug-likeness (QED) is 0.282. The fourth-order valence-electron chi connectivity index (χ4n) is 4.82. The molecule has 39 heavy (non-hydrogen) atoms. The summed E-state index contributed by atoms with van der Waals surface area (Å²) in [4.78, 5) is 39.8. The Bertz CT molecular complexity index is 1400. The van der Waals surface area contributed by atoms with E-state index in [0.29, 0.717) is 24.8 Å². The molecule has 1 aliphatic heterocycles. The van der Waals surface area contributed by atoms with Crippen LogP contribution in [-0.2, 0) is 28.8 Å². The zero-order valence-electron chi connectivity index (χ0n) is 23.0. The highest BCUT2D eigenvalue weighted by molar-refractivity contribution is 6.76. The number of ether oxygens (including phenoxy) is 2. The molecular weight excluding hydrogens is 516 g/mol. The molecule has 1 unspecified atom stereocenters. The summed E-state index contributed by atoms with van der Waals surface area (Å²) in [6, 6.07) is 3.49. The van der Waals surface area contributed by atoms with E-state index in [1.165, 1.54) is 26.8 Å². The molecule has 2 aliphatic rings. The minimum atomic E-state index is -1.26. The highest BCUT2D eigenvalue weighted by Gasteiger charge is 2.29. The summed E-state index contributed by atoms with van der Waals surface area (Å²) in [5, 5.41) is 3.61. The van der Waals surface area contributed by atoms with Crippen molar-refractivity contribution in [1.29, 1.82) is 0 Å². The molecule has 12 heteroatoms. The monoisotopic (exact) mass is 552 g/mol. The number of rotatable bonds is 11. The molecule has 4 heterocycles. The van der Waals surface area contributed by atoms with Gasteiger partial charge in [0.2, 0.25) is 5.82 Å². The third-order valence-electron chi connectivity index (χ3n) is 7.07. The van der Waals surface area contributed by atoms with Gasteiger partial charge in [-0.15, -0.1) is 0 Å². The Morgan fingerprint density at radius 3 is 2.85 bits per heavy atom. The lowest BCUT2D eigenvalue weighted by molar-refractivity contribution is -0.122. The molecule has 0 saturated heterocycles. The number of nitrogens with zero attached hydrogens (tertiary/aromatic N) is 5. The second kappa shape index (κ2) is 11.4. The van der Waals surface area contributed by atoms with Crippen LogP contribution in [0.3, 0.4) is 0 Å². The minimum absolute atomic E-state index is 0.0541. The molecule has 0 radical (unpaired) electrons. The summed E-state index contributed by atoms with van der Waals surface area (Å²) >= 11 is 0. The van der Waals surface area contributed by atoms with Gasteiger partial charge < -0.3 is 19.2 Å². The van der Waals surface area contributed by atoms with Crippen molar-refractivity contribution >= 4 is 19.8 Å². The molecule has 0 saturated carbocycles. The predicted molar refractivity (Wildman–Crippen MR) is 148 cm³/mol. The highest BCUT2D eigenvalue weighted by atomic mass is 28.3. The van der Waals surface area contributed by atoms with Crippen LogP contribution in [0.15, 0.2) is 33.9 Å². The van der Waals surface area contributed by atoms with Crippen LogP contribution in [0.5, 0.6) is 5.88 Å². The van der Waals surface area contributed by atoms with Crippen molar-refractivity contribution in [2.45, 2.75) is 64.3 Å². The number of oxazole rings is 1. The van der Waals surface area contributed by atoms with E-state index in [9.17, 15) is 9.59 Å². The van der Waals surface area contributed by atoms with Gasteiger partial charge >= 0.3 is 5.76 Å². The molecular formula is C27H36N6O5Si. The van der Waals surface area contributed by atoms with Crippen molar-refractivity contribution in [3.8, 4) is 11.7 Å². The van der Waals surface area contributed by atoms with Crippen LogP contribution in [0, 0.1) is 6.92 Å². The fourth-order valence-corrected chi connectivity index (χ4v) is 5.58. The number of aromatic nitrogens is 4. The average molecular weight is 553 g/mol. The number of fused-ring (bicyclic) bond motifs is 2. The third kappa shape index (κ3) is 6.45. The van der Waals surface area contributed by atoms with Gasteiger partial charge in [0, 0.05) is 39.0 Å². The zero-order valence-corrected chi connectivity index (χ0v) is 24.0. The van der Waals surface area contributed by atoms with E-state index in [2.05, 4.69) is 52.9 Å². The lowest BCUT2D eigenvalue weighted by Crippen LogP contribution is -2.41. The van der Waals surface area contributed by atoms with E-state index < -0.39 is 13.8 Å². The molecule has 1 amide bonds. The Hall–Kier alpha value is -3.35. The number of amides is 1. The van der Waals surface area contributed by atoms with E-state index in [0.717, 1.165) is 37.5 Å². The molecule has 208 valence electrons. The minimum Gasteiger partial charge on any atom is -0.465 e. The Morgan fingerprint density at radius 2 is 2.05 bits per heavy atom. The van der Waals surface area contributed by atoms with Crippen LogP contribution in [0.4, 0.5) is 5.82 Å². The maximum absolute atomic E-state index is 12.6. The first-order valence-electron chi connectivity index (χ1n) is 13.4. The van der Waals surface area contributed by atoms with Gasteiger partial charge in [-0.2, -0.15) is 0 Å². The van der Waals surface area contributed by atoms with Crippen LogP contribution < -0.4 is 20.7 Å². The smallest absolute Gasteiger partial charge is 0.425 e. The van der Waals surface area contributed by atoms with E-state index in [1.807, 2.05) is 6.20 Å². The standard InChI is InChI=1S/C27H36N6O5Si/c1-18-22-13-20(12-19(22)7-9-28-18)29-8-5-6-21-15-32(27(35)38-21)23-14-30-26-25(31-23)33(24(34)16-37-26)17-36-10-11-39(2,3)4/h7,9,14-15,20,29H,5-6,8,10-13,16-17H2,1-4H3. The molecule has 3 aromatic heterocycles. The lowest BCUT2D eigenvalue weighted by atomic mass is 10.1. The summed E-state index contributed by atoms with van der Waals surface area (Å²) in [7, 11) is -1.26. The number of hydrogen-bond acceptors (Lipinski definition) is 9. The maximum Gasteiger partial charge on any atom is 0.425 e. The number of carbonyl (C=O) groups is 1. The van der Waals surface area contributed by atoms with Crippen molar-refractivity contribution in [3.05, 3.63) is 57.8 Å². The summed E-state index contributed by atoms with van der Waals surface area (Å²) in [6.45, 7) is 10.2. The first kappa shape index (κ1) is 27.2. The van der Waals surface area contributed by atoms with Crippen LogP contribution in [0.1, 0.15) is 29.0 Å². The molecule has 1 atom stereocenters. The van der Waals surface area contributed by atoms with Gasteiger partial charge in [-0.05, 0) is 56.0 Å². The highest BCUT2D eigenvalue weighted by Crippen LogP contribution is 2.28. The second-order valence-electron chi connectivity index (χ2n) is 11.3. The molecule has 0 spiro atoms. The van der Waals surface area contributed by atoms with Crippen molar-refractivity contribution in [3.63, 3.8) is 0 Å². The number of anilines is 1. The van der Waals surface area contributed by atoms with Crippen LogP contribution in [0.25, 0.3) is 5.82 Å². The van der Waals surface area contributed by atoms with E-state index in [-0.39, 0.29) is 36.8 Å². The summed E-state index contributed by atoms with van der Waals surface area (Å²) in [6.07, 6.45) is 8.37. The molecule has 11 nitrogen and oxygen atoms in total. The van der Waals surface area contributed by atoms with Gasteiger partial charge in [0.15, 0.2) is 12.4 Å². The van der Waals surface area contributed by atoms with Gasteiger partial charge in [0.1, 0.15) is 12.5 Å². The molecule has 0 fully saturated rings. The topological polar surface area (TPSA) is 125 Å². The second-order valence-corrected chi connectivity index (χ2v) is 17.0. The van der Waals surface area contributed by atoms with Crippen molar-refractivity contribution < 1.29 is 18.7 Å². The first-order valence-corrected chi connectivity index (χ1v) is 17.1. The average Bonchev–Trinajstić information content (AvgIpc) is 3.48. The normalized spacial score (nSPS) is 16.8. The Labute approximate surface area is 228 Å². The summed E-state index contributed by atoms with van der Waals surface area (Å²) in [5.41, 5.74) is 3.84. The molecule has 0 bridgehead atoms. The molecule has 3 aromatic rings. The van der Waals surface area contributed by atoms with E-state index in [1.54, 1.807) is 6.20 Å². The number of pyridine rings is 1.